The first-order chi connectivity index (χ1) is 24.7. The molecule has 0 heterocycles. The first-order valence-corrected chi connectivity index (χ1v) is 18.8. The molecule has 0 spiro atoms. The van der Waals surface area contributed by atoms with E-state index in [4.69, 9.17) is 0 Å². The molecule has 0 aliphatic rings. The molecule has 0 bridgehead atoms. The number of nitrogens with zero attached hydrogens (tertiary/aromatic N) is 2. The van der Waals surface area contributed by atoms with Crippen molar-refractivity contribution in [3.8, 4) is 0 Å². The van der Waals surface area contributed by atoms with Crippen LogP contribution in [-0.2, 0) is 12.8 Å². The summed E-state index contributed by atoms with van der Waals surface area (Å²) in [6.07, 6.45) is 5.83. The lowest BCUT2D eigenvalue weighted by Crippen LogP contribution is -2.16. The summed E-state index contributed by atoms with van der Waals surface area (Å²) < 4.78 is 0. The summed E-state index contributed by atoms with van der Waals surface area (Å²) >= 11 is 0. The van der Waals surface area contributed by atoms with Gasteiger partial charge < -0.3 is 9.80 Å². The van der Waals surface area contributed by atoms with Crippen molar-refractivity contribution in [3.05, 3.63) is 180 Å². The number of anilines is 6. The van der Waals surface area contributed by atoms with Gasteiger partial charge in [0.15, 0.2) is 0 Å². The Morgan fingerprint density at radius 3 is 1.06 bits per heavy atom. The van der Waals surface area contributed by atoms with Gasteiger partial charge in [-0.25, -0.2) is 0 Å². The fraction of sp³-hybridized carbons (Fsp3) is 0.265. The van der Waals surface area contributed by atoms with Crippen LogP contribution in [0.5, 0.6) is 0 Å². The smallest absolute Gasteiger partial charge is 0.0463 e. The average Bonchev–Trinajstić information content (AvgIpc) is 3.15. The molecule has 0 radical (unpaired) electrons. The van der Waals surface area contributed by atoms with Crippen LogP contribution in [0.1, 0.15) is 76.5 Å². The van der Waals surface area contributed by atoms with Gasteiger partial charge in [0, 0.05) is 34.1 Å². The van der Waals surface area contributed by atoms with Crippen LogP contribution < -0.4 is 9.80 Å². The minimum absolute atomic E-state index is 0.338. The van der Waals surface area contributed by atoms with Gasteiger partial charge in [-0.1, -0.05) is 126 Å². The Bertz CT molecular complexity index is 1850. The van der Waals surface area contributed by atoms with Gasteiger partial charge in [-0.15, -0.1) is 0 Å². The molecule has 0 fully saturated rings. The van der Waals surface area contributed by atoms with Gasteiger partial charge in [0.2, 0.25) is 0 Å². The molecule has 6 rings (SSSR count). The van der Waals surface area contributed by atoms with E-state index < -0.39 is 0 Å². The third-order valence-electron chi connectivity index (χ3n) is 9.83. The Kier molecular flexibility index (Phi) is 11.7. The summed E-state index contributed by atoms with van der Waals surface area (Å²) in [5, 5.41) is 0. The fourth-order valence-electron chi connectivity index (χ4n) is 7.18. The minimum Gasteiger partial charge on any atom is -0.311 e. The highest BCUT2D eigenvalue weighted by Crippen LogP contribution is 2.39. The predicted molar refractivity (Wildman–Crippen MR) is 221 cm³/mol. The maximum atomic E-state index is 2.39. The molecule has 0 aromatic heterocycles. The molecule has 2 nitrogen and oxygen atoms in total. The molecular formula is C49H54N2. The molecule has 1 atom stereocenters. The summed E-state index contributed by atoms with van der Waals surface area (Å²) in [6.45, 7) is 11.8. The zero-order chi connectivity index (χ0) is 35.6. The summed E-state index contributed by atoms with van der Waals surface area (Å²) in [7, 11) is 0. The Morgan fingerprint density at radius 1 is 0.412 bits per heavy atom. The third kappa shape index (κ3) is 9.58. The number of aryl methyl sites for hydroxylation is 2. The van der Waals surface area contributed by atoms with Gasteiger partial charge in [0.25, 0.3) is 0 Å². The normalized spacial score (nSPS) is 12.1. The standard InChI is InChI=1S/C49H54N2/c1-38(2)48(37-49(3,4)5)41-29-25-39(26-30-41)17-15-16-18-40-27-31-45(32-28-40)51(44-23-13-8-14-24-44)47-35-33-46(34-36-47)50(42-19-9-6-10-20-42)43-21-11-7-12-22-43/h6-14,19-36,38,48H,15-18,37H2,1-5H3. The van der Waals surface area contributed by atoms with Crippen molar-refractivity contribution < 1.29 is 0 Å². The zero-order valence-corrected chi connectivity index (χ0v) is 31.2. The van der Waals surface area contributed by atoms with Gasteiger partial charge in [0.05, 0.1) is 0 Å². The molecule has 2 heteroatoms. The molecular weight excluding hydrogens is 617 g/mol. The van der Waals surface area contributed by atoms with E-state index in [0.717, 1.165) is 47.0 Å². The Hall–Kier alpha value is -5.08. The van der Waals surface area contributed by atoms with Crippen molar-refractivity contribution in [1.82, 2.24) is 0 Å². The number of rotatable bonds is 14. The second-order valence-electron chi connectivity index (χ2n) is 15.4. The van der Waals surface area contributed by atoms with Crippen molar-refractivity contribution in [2.24, 2.45) is 11.3 Å². The van der Waals surface area contributed by atoms with Gasteiger partial charge in [-0.05, 0) is 139 Å². The SMILES string of the molecule is CC(C)C(CC(C)(C)C)c1ccc(CCCCc2ccc(N(c3ccccc3)c3ccc(N(c4ccccc4)c4ccccc4)cc3)cc2)cc1. The molecule has 0 amide bonds. The third-order valence-corrected chi connectivity index (χ3v) is 9.83. The van der Waals surface area contributed by atoms with Crippen molar-refractivity contribution in [2.45, 2.75) is 72.6 Å². The monoisotopic (exact) mass is 670 g/mol. The van der Waals surface area contributed by atoms with E-state index in [1.807, 2.05) is 0 Å². The summed E-state index contributed by atoms with van der Waals surface area (Å²) in [4.78, 5) is 4.65. The van der Waals surface area contributed by atoms with Crippen LogP contribution in [0.2, 0.25) is 0 Å². The molecule has 0 saturated heterocycles. The molecule has 0 aliphatic heterocycles. The largest absolute Gasteiger partial charge is 0.311 e. The maximum Gasteiger partial charge on any atom is 0.0463 e. The van der Waals surface area contributed by atoms with E-state index in [9.17, 15) is 0 Å². The molecule has 260 valence electrons. The summed E-state index contributed by atoms with van der Waals surface area (Å²) in [5.74, 6) is 1.27. The molecule has 6 aromatic carbocycles. The van der Waals surface area contributed by atoms with Crippen LogP contribution in [0.3, 0.4) is 0 Å². The minimum atomic E-state index is 0.338. The molecule has 0 saturated carbocycles. The van der Waals surface area contributed by atoms with Crippen LogP contribution in [0.4, 0.5) is 34.1 Å². The molecule has 1 unspecified atom stereocenters. The molecule has 6 aromatic rings. The Labute approximate surface area is 307 Å². The van der Waals surface area contributed by atoms with Gasteiger partial charge >= 0.3 is 0 Å². The highest BCUT2D eigenvalue weighted by atomic mass is 15.2. The number of unbranched alkanes of at least 4 members (excludes halogenated alkanes) is 1. The van der Waals surface area contributed by atoms with E-state index in [1.54, 1.807) is 0 Å². The number of hydrogen-bond acceptors (Lipinski definition) is 2. The van der Waals surface area contributed by atoms with E-state index in [1.165, 1.54) is 36.0 Å². The zero-order valence-electron chi connectivity index (χ0n) is 31.2. The fourth-order valence-corrected chi connectivity index (χ4v) is 7.18. The topological polar surface area (TPSA) is 6.48 Å². The van der Waals surface area contributed by atoms with Crippen LogP contribution in [0.25, 0.3) is 0 Å². The first kappa shape index (κ1) is 35.7. The second kappa shape index (κ2) is 16.8. The second-order valence-corrected chi connectivity index (χ2v) is 15.4. The van der Waals surface area contributed by atoms with E-state index in [2.05, 4.69) is 208 Å². The lowest BCUT2D eigenvalue weighted by atomic mass is 9.76. The van der Waals surface area contributed by atoms with Crippen LogP contribution >= 0.6 is 0 Å². The maximum absolute atomic E-state index is 2.39. The van der Waals surface area contributed by atoms with E-state index >= 15 is 0 Å². The van der Waals surface area contributed by atoms with Crippen molar-refractivity contribution in [2.75, 3.05) is 9.80 Å². The summed E-state index contributed by atoms with van der Waals surface area (Å²) in [6, 6.07) is 59.4. The Morgan fingerprint density at radius 2 is 0.725 bits per heavy atom. The summed E-state index contributed by atoms with van der Waals surface area (Å²) in [5.41, 5.74) is 11.5. The number of benzene rings is 6. The van der Waals surface area contributed by atoms with Crippen LogP contribution in [-0.4, -0.2) is 0 Å². The molecule has 0 aliphatic carbocycles. The number of para-hydroxylation sites is 3. The van der Waals surface area contributed by atoms with E-state index in [-0.39, 0.29) is 0 Å². The van der Waals surface area contributed by atoms with Crippen molar-refractivity contribution in [1.29, 1.82) is 0 Å². The van der Waals surface area contributed by atoms with Crippen LogP contribution in [0.15, 0.2) is 164 Å². The van der Waals surface area contributed by atoms with Crippen LogP contribution in [0, 0.1) is 11.3 Å². The highest BCUT2D eigenvalue weighted by molar-refractivity contribution is 5.81. The average molecular weight is 671 g/mol. The van der Waals surface area contributed by atoms with Gasteiger partial charge in [-0.3, -0.25) is 0 Å². The number of hydrogen-bond donors (Lipinski definition) is 0. The van der Waals surface area contributed by atoms with Crippen molar-refractivity contribution >= 4 is 34.1 Å². The quantitative estimate of drug-likeness (QED) is 0.106. The van der Waals surface area contributed by atoms with Gasteiger partial charge in [-0.2, -0.15) is 0 Å². The lowest BCUT2D eigenvalue weighted by molar-refractivity contribution is 0.301. The van der Waals surface area contributed by atoms with Crippen molar-refractivity contribution in [3.63, 3.8) is 0 Å². The molecule has 0 N–H and O–H groups in total. The highest BCUT2D eigenvalue weighted by Gasteiger charge is 2.23. The predicted octanol–water partition coefficient (Wildman–Crippen LogP) is 14.4. The van der Waals surface area contributed by atoms with Gasteiger partial charge in [0.1, 0.15) is 0 Å². The Balaban J connectivity index is 1.12. The first-order valence-electron chi connectivity index (χ1n) is 18.8. The van der Waals surface area contributed by atoms with E-state index in [0.29, 0.717) is 17.3 Å². The molecule has 51 heavy (non-hydrogen) atoms. The lowest BCUT2D eigenvalue weighted by Gasteiger charge is -2.29.